The molecule has 0 unspecified atom stereocenters. The Morgan fingerprint density at radius 3 is 2.57 bits per heavy atom. The molecule has 2 aromatic carbocycles. The summed E-state index contributed by atoms with van der Waals surface area (Å²) in [5.41, 5.74) is 2.72. The molecule has 1 aromatic heterocycles. The van der Waals surface area contributed by atoms with Crippen LogP contribution in [0, 0.1) is 11.3 Å². The molecule has 0 saturated heterocycles. The van der Waals surface area contributed by atoms with Crippen molar-refractivity contribution in [1.82, 2.24) is 20.2 Å². The van der Waals surface area contributed by atoms with Crippen LogP contribution in [-0.4, -0.2) is 20.2 Å². The van der Waals surface area contributed by atoms with Crippen LogP contribution in [0.15, 0.2) is 54.6 Å². The molecule has 1 heterocycles. The van der Waals surface area contributed by atoms with Crippen molar-refractivity contribution in [2.75, 3.05) is 0 Å². The van der Waals surface area contributed by atoms with E-state index in [0.717, 1.165) is 17.0 Å². The number of hydrogen-bond donors (Lipinski definition) is 0. The van der Waals surface area contributed by atoms with Gasteiger partial charge in [-0.3, -0.25) is 0 Å². The van der Waals surface area contributed by atoms with Crippen LogP contribution in [0.5, 0.6) is 0 Å². The zero-order chi connectivity index (χ0) is 14.5. The highest BCUT2D eigenvalue weighted by molar-refractivity contribution is 5.37. The van der Waals surface area contributed by atoms with Gasteiger partial charge in [-0.05, 0) is 27.6 Å². The van der Waals surface area contributed by atoms with E-state index in [1.54, 1.807) is 10.7 Å². The Kier molecular flexibility index (Phi) is 3.70. The predicted octanol–water partition coefficient (Wildman–Crippen LogP) is 2.18. The lowest BCUT2D eigenvalue weighted by atomic mass is 10.1. The Morgan fingerprint density at radius 2 is 1.76 bits per heavy atom. The Balaban J connectivity index is 1.85. The van der Waals surface area contributed by atoms with Gasteiger partial charge >= 0.3 is 0 Å². The minimum atomic E-state index is 0.499. The van der Waals surface area contributed by atoms with Crippen molar-refractivity contribution in [2.24, 2.45) is 0 Å². The molecule has 0 amide bonds. The molecule has 0 aliphatic rings. The van der Waals surface area contributed by atoms with Crippen molar-refractivity contribution in [3.8, 4) is 6.07 Å². The Labute approximate surface area is 122 Å². The quantitative estimate of drug-likeness (QED) is 0.732. The second-order valence-corrected chi connectivity index (χ2v) is 4.68. The van der Waals surface area contributed by atoms with Crippen LogP contribution in [-0.2, 0) is 13.0 Å². The lowest BCUT2D eigenvalue weighted by molar-refractivity contribution is 0.624. The van der Waals surface area contributed by atoms with Gasteiger partial charge in [0.1, 0.15) is 0 Å². The molecule has 5 heteroatoms. The standard InChI is InChI=1S/C16H13N5/c17-11-14-8-4-5-9-15(14)12-21-16(18-19-20-21)10-13-6-2-1-3-7-13/h1-9H,10,12H2. The summed E-state index contributed by atoms with van der Waals surface area (Å²) >= 11 is 0. The smallest absolute Gasteiger partial charge is 0.156 e. The van der Waals surface area contributed by atoms with Gasteiger partial charge in [-0.1, -0.05) is 48.5 Å². The maximum absolute atomic E-state index is 9.14. The van der Waals surface area contributed by atoms with Gasteiger partial charge in [0.2, 0.25) is 0 Å². The molecule has 0 N–H and O–H groups in total. The lowest BCUT2D eigenvalue weighted by Crippen LogP contribution is -2.09. The van der Waals surface area contributed by atoms with E-state index in [1.807, 2.05) is 48.5 Å². The highest BCUT2D eigenvalue weighted by Gasteiger charge is 2.09. The minimum Gasteiger partial charge on any atom is -0.225 e. The summed E-state index contributed by atoms with van der Waals surface area (Å²) in [6.07, 6.45) is 0.669. The molecule has 3 aromatic rings. The van der Waals surface area contributed by atoms with Crippen LogP contribution < -0.4 is 0 Å². The molecule has 102 valence electrons. The summed E-state index contributed by atoms with van der Waals surface area (Å²) in [5, 5.41) is 21.0. The Morgan fingerprint density at radius 1 is 1.00 bits per heavy atom. The van der Waals surface area contributed by atoms with Gasteiger partial charge in [-0.2, -0.15) is 5.26 Å². The van der Waals surface area contributed by atoms with E-state index < -0.39 is 0 Å². The largest absolute Gasteiger partial charge is 0.225 e. The van der Waals surface area contributed by atoms with E-state index in [0.29, 0.717) is 18.5 Å². The zero-order valence-electron chi connectivity index (χ0n) is 11.3. The molecule has 0 saturated carbocycles. The predicted molar refractivity (Wildman–Crippen MR) is 77.3 cm³/mol. The molecule has 0 aliphatic heterocycles. The number of tetrazole rings is 1. The van der Waals surface area contributed by atoms with Crippen molar-refractivity contribution in [1.29, 1.82) is 5.26 Å². The lowest BCUT2D eigenvalue weighted by Gasteiger charge is -2.06. The van der Waals surface area contributed by atoms with Gasteiger partial charge in [0, 0.05) is 6.42 Å². The Hall–Kier alpha value is -3.00. The van der Waals surface area contributed by atoms with Crippen molar-refractivity contribution < 1.29 is 0 Å². The number of benzene rings is 2. The maximum atomic E-state index is 9.14. The van der Waals surface area contributed by atoms with Crippen LogP contribution in [0.3, 0.4) is 0 Å². The van der Waals surface area contributed by atoms with E-state index >= 15 is 0 Å². The summed E-state index contributed by atoms with van der Waals surface area (Å²) in [5.74, 6) is 0.786. The summed E-state index contributed by atoms with van der Waals surface area (Å²) < 4.78 is 1.74. The SMILES string of the molecule is N#Cc1ccccc1Cn1nnnc1Cc1ccccc1. The van der Waals surface area contributed by atoms with E-state index in [2.05, 4.69) is 21.6 Å². The van der Waals surface area contributed by atoms with Crippen LogP contribution in [0.4, 0.5) is 0 Å². The van der Waals surface area contributed by atoms with E-state index in [4.69, 9.17) is 5.26 Å². The molecule has 3 rings (SSSR count). The normalized spacial score (nSPS) is 10.2. The van der Waals surface area contributed by atoms with Crippen molar-refractivity contribution >= 4 is 0 Å². The zero-order valence-corrected chi connectivity index (χ0v) is 11.3. The summed E-state index contributed by atoms with van der Waals surface area (Å²) in [7, 11) is 0. The van der Waals surface area contributed by atoms with Gasteiger partial charge in [0.15, 0.2) is 5.82 Å². The van der Waals surface area contributed by atoms with Crippen LogP contribution in [0.2, 0.25) is 0 Å². The van der Waals surface area contributed by atoms with E-state index in [9.17, 15) is 0 Å². The van der Waals surface area contributed by atoms with Crippen LogP contribution >= 0.6 is 0 Å². The monoisotopic (exact) mass is 275 g/mol. The average molecular weight is 275 g/mol. The van der Waals surface area contributed by atoms with E-state index in [1.165, 1.54) is 0 Å². The first kappa shape index (κ1) is 13.0. The fourth-order valence-corrected chi connectivity index (χ4v) is 2.18. The second-order valence-electron chi connectivity index (χ2n) is 4.68. The number of nitriles is 1. The molecule has 0 fully saturated rings. The van der Waals surface area contributed by atoms with Gasteiger partial charge in [-0.15, -0.1) is 5.10 Å². The minimum absolute atomic E-state index is 0.499. The van der Waals surface area contributed by atoms with Gasteiger partial charge in [0.05, 0.1) is 18.2 Å². The number of aromatic nitrogens is 4. The molecule has 5 nitrogen and oxygen atoms in total. The van der Waals surface area contributed by atoms with Crippen molar-refractivity contribution in [3.63, 3.8) is 0 Å². The summed E-state index contributed by atoms with van der Waals surface area (Å²) in [4.78, 5) is 0. The van der Waals surface area contributed by atoms with Crippen LogP contribution in [0.1, 0.15) is 22.5 Å². The van der Waals surface area contributed by atoms with E-state index in [-0.39, 0.29) is 0 Å². The summed E-state index contributed by atoms with van der Waals surface area (Å²) in [6.45, 7) is 0.499. The van der Waals surface area contributed by atoms with Gasteiger partial charge < -0.3 is 0 Å². The fraction of sp³-hybridized carbons (Fsp3) is 0.125. The summed E-state index contributed by atoms with van der Waals surface area (Å²) in [6, 6.07) is 19.7. The maximum Gasteiger partial charge on any atom is 0.156 e. The third kappa shape index (κ3) is 2.95. The molecule has 0 radical (unpaired) electrons. The van der Waals surface area contributed by atoms with Gasteiger partial charge in [0.25, 0.3) is 0 Å². The number of nitrogens with zero attached hydrogens (tertiary/aromatic N) is 5. The number of hydrogen-bond acceptors (Lipinski definition) is 4. The molecule has 21 heavy (non-hydrogen) atoms. The first-order valence-corrected chi connectivity index (χ1v) is 6.64. The second kappa shape index (κ2) is 5.97. The highest BCUT2D eigenvalue weighted by atomic mass is 15.5. The topological polar surface area (TPSA) is 67.4 Å². The average Bonchev–Trinajstić information content (AvgIpc) is 2.96. The van der Waals surface area contributed by atoms with Gasteiger partial charge in [-0.25, -0.2) is 4.68 Å². The first-order valence-electron chi connectivity index (χ1n) is 6.64. The van der Waals surface area contributed by atoms with Crippen molar-refractivity contribution in [3.05, 3.63) is 77.1 Å². The molecule has 0 bridgehead atoms. The van der Waals surface area contributed by atoms with Crippen molar-refractivity contribution in [2.45, 2.75) is 13.0 Å². The number of rotatable bonds is 4. The van der Waals surface area contributed by atoms with Crippen LogP contribution in [0.25, 0.3) is 0 Å². The fourth-order valence-electron chi connectivity index (χ4n) is 2.18. The molecule has 0 aliphatic carbocycles. The molecular formula is C16H13N5. The third-order valence-electron chi connectivity index (χ3n) is 3.27. The molecule has 0 spiro atoms. The first-order chi connectivity index (χ1) is 10.4. The third-order valence-corrected chi connectivity index (χ3v) is 3.27. The Bertz CT molecular complexity index is 771. The molecular weight excluding hydrogens is 262 g/mol. The molecule has 0 atom stereocenters. The highest BCUT2D eigenvalue weighted by Crippen LogP contribution is 2.11.